The van der Waals surface area contributed by atoms with Gasteiger partial charge >= 0.3 is 5.97 Å². The Balaban J connectivity index is 1.72. The van der Waals surface area contributed by atoms with Gasteiger partial charge in [-0.2, -0.15) is 0 Å². The van der Waals surface area contributed by atoms with Crippen LogP contribution in [0.5, 0.6) is 16.7 Å². The van der Waals surface area contributed by atoms with Crippen LogP contribution in [0.4, 0.5) is 4.39 Å². The van der Waals surface area contributed by atoms with Gasteiger partial charge in [0.05, 0.1) is 10.2 Å². The Hall–Kier alpha value is -2.67. The summed E-state index contributed by atoms with van der Waals surface area (Å²) in [6, 6.07) is 10.8. The first-order valence-electron chi connectivity index (χ1n) is 6.29. The van der Waals surface area contributed by atoms with Crippen molar-refractivity contribution in [1.29, 1.82) is 0 Å². The van der Waals surface area contributed by atoms with Gasteiger partial charge in [0.15, 0.2) is 6.61 Å². The monoisotopic (exact) mass is 319 g/mol. The average molecular weight is 319 g/mol. The van der Waals surface area contributed by atoms with Crippen LogP contribution in [0, 0.1) is 5.82 Å². The Morgan fingerprint density at radius 1 is 1.18 bits per heavy atom. The van der Waals surface area contributed by atoms with Crippen LogP contribution in [0.1, 0.15) is 0 Å². The van der Waals surface area contributed by atoms with E-state index in [1.54, 1.807) is 30.3 Å². The van der Waals surface area contributed by atoms with E-state index >= 15 is 0 Å². The van der Waals surface area contributed by atoms with Gasteiger partial charge < -0.3 is 14.6 Å². The molecule has 1 aromatic heterocycles. The molecule has 1 heterocycles. The van der Waals surface area contributed by atoms with E-state index in [1.807, 2.05) is 0 Å². The maximum atomic E-state index is 13.1. The molecule has 112 valence electrons. The van der Waals surface area contributed by atoms with Gasteiger partial charge in [-0.25, -0.2) is 14.2 Å². The zero-order chi connectivity index (χ0) is 15.5. The fraction of sp³-hybridized carbons (Fsp3) is 0.0667. The Labute approximate surface area is 128 Å². The average Bonchev–Trinajstić information content (AvgIpc) is 2.87. The molecular formula is C15H10FNO4S. The lowest BCUT2D eigenvalue weighted by Gasteiger charge is -2.04. The third-order valence-electron chi connectivity index (χ3n) is 2.72. The first-order valence-corrected chi connectivity index (χ1v) is 7.10. The third-order valence-corrected chi connectivity index (χ3v) is 3.62. The quantitative estimate of drug-likeness (QED) is 0.776. The minimum absolute atomic E-state index is 0.317. The molecule has 0 spiro atoms. The Bertz CT molecular complexity index is 816. The molecule has 3 aromatic rings. The standard InChI is InChI=1S/C15H10FNO4S/c16-9-1-6-12-13(7-9)22-15(17-12)21-11-4-2-10(3-5-11)20-8-14(18)19/h1-7H,8H2,(H,18,19). The second-order valence-corrected chi connectivity index (χ2v) is 5.34. The fourth-order valence-corrected chi connectivity index (χ4v) is 2.63. The van der Waals surface area contributed by atoms with E-state index in [0.29, 0.717) is 26.9 Å². The number of fused-ring (bicyclic) bond motifs is 1. The number of nitrogens with zero attached hydrogens (tertiary/aromatic N) is 1. The molecule has 0 unspecified atom stereocenters. The number of aliphatic carboxylic acids is 1. The van der Waals surface area contributed by atoms with Crippen LogP contribution in [-0.2, 0) is 4.79 Å². The van der Waals surface area contributed by atoms with Crippen LogP contribution in [0.3, 0.4) is 0 Å². The van der Waals surface area contributed by atoms with E-state index in [0.717, 1.165) is 0 Å². The number of carbonyl (C=O) groups is 1. The molecule has 0 saturated carbocycles. The van der Waals surface area contributed by atoms with Crippen molar-refractivity contribution in [3.8, 4) is 16.7 Å². The minimum Gasteiger partial charge on any atom is -0.482 e. The number of rotatable bonds is 5. The van der Waals surface area contributed by atoms with Crippen molar-refractivity contribution in [2.75, 3.05) is 6.61 Å². The lowest BCUT2D eigenvalue weighted by molar-refractivity contribution is -0.139. The second kappa shape index (κ2) is 5.98. The van der Waals surface area contributed by atoms with Gasteiger partial charge in [-0.1, -0.05) is 11.3 Å². The molecule has 3 rings (SSSR count). The first kappa shape index (κ1) is 14.3. The van der Waals surface area contributed by atoms with Crippen LogP contribution in [0.2, 0.25) is 0 Å². The zero-order valence-corrected chi connectivity index (χ0v) is 12.0. The maximum Gasteiger partial charge on any atom is 0.341 e. The highest BCUT2D eigenvalue weighted by atomic mass is 32.1. The molecule has 7 heteroatoms. The lowest BCUT2D eigenvalue weighted by Crippen LogP contribution is -2.09. The summed E-state index contributed by atoms with van der Waals surface area (Å²) < 4.78 is 24.5. The summed E-state index contributed by atoms with van der Waals surface area (Å²) in [5.41, 5.74) is 0.669. The second-order valence-electron chi connectivity index (χ2n) is 4.35. The third kappa shape index (κ3) is 3.32. The van der Waals surface area contributed by atoms with Crippen LogP contribution in [-0.4, -0.2) is 22.7 Å². The molecule has 0 fully saturated rings. The van der Waals surface area contributed by atoms with E-state index in [2.05, 4.69) is 4.98 Å². The van der Waals surface area contributed by atoms with E-state index in [1.165, 1.54) is 23.5 Å². The van der Waals surface area contributed by atoms with E-state index in [9.17, 15) is 9.18 Å². The highest BCUT2D eigenvalue weighted by Crippen LogP contribution is 2.32. The highest BCUT2D eigenvalue weighted by Gasteiger charge is 2.07. The van der Waals surface area contributed by atoms with Crippen molar-refractivity contribution in [1.82, 2.24) is 4.98 Å². The maximum absolute atomic E-state index is 13.1. The highest BCUT2D eigenvalue weighted by molar-refractivity contribution is 7.20. The molecule has 0 amide bonds. The number of benzene rings is 2. The SMILES string of the molecule is O=C(O)COc1ccc(Oc2nc3ccc(F)cc3s2)cc1. The summed E-state index contributed by atoms with van der Waals surface area (Å²) in [6.07, 6.45) is 0. The van der Waals surface area contributed by atoms with E-state index in [4.69, 9.17) is 14.6 Å². The van der Waals surface area contributed by atoms with Crippen molar-refractivity contribution < 1.29 is 23.8 Å². The van der Waals surface area contributed by atoms with Crippen LogP contribution in [0.15, 0.2) is 42.5 Å². The molecule has 0 aliphatic rings. The number of hydrogen-bond acceptors (Lipinski definition) is 5. The molecule has 2 aromatic carbocycles. The van der Waals surface area contributed by atoms with Crippen molar-refractivity contribution in [2.45, 2.75) is 0 Å². The minimum atomic E-state index is -1.04. The number of hydrogen-bond donors (Lipinski definition) is 1. The molecular weight excluding hydrogens is 309 g/mol. The van der Waals surface area contributed by atoms with Crippen molar-refractivity contribution in [3.63, 3.8) is 0 Å². The van der Waals surface area contributed by atoms with Crippen molar-refractivity contribution >= 4 is 27.5 Å². The number of carboxylic acid groups (broad SMARTS) is 1. The van der Waals surface area contributed by atoms with Crippen molar-refractivity contribution in [2.24, 2.45) is 0 Å². The summed E-state index contributed by atoms with van der Waals surface area (Å²) in [5.74, 6) is -0.395. The van der Waals surface area contributed by atoms with Crippen LogP contribution < -0.4 is 9.47 Å². The molecule has 0 saturated heterocycles. The summed E-state index contributed by atoms with van der Waals surface area (Å²) in [5, 5.41) is 8.93. The zero-order valence-electron chi connectivity index (χ0n) is 11.2. The molecule has 1 N–H and O–H groups in total. The first-order chi connectivity index (χ1) is 10.6. The largest absolute Gasteiger partial charge is 0.482 e. The summed E-state index contributed by atoms with van der Waals surface area (Å²) in [6.45, 7) is -0.399. The van der Waals surface area contributed by atoms with Gasteiger partial charge in [-0.15, -0.1) is 0 Å². The van der Waals surface area contributed by atoms with E-state index < -0.39 is 12.6 Å². The van der Waals surface area contributed by atoms with Gasteiger partial charge in [0, 0.05) is 0 Å². The topological polar surface area (TPSA) is 68.7 Å². The molecule has 5 nitrogen and oxygen atoms in total. The Kier molecular flexibility index (Phi) is 3.88. The normalized spacial score (nSPS) is 10.6. The van der Waals surface area contributed by atoms with Gasteiger partial charge in [0.2, 0.25) is 0 Å². The number of ether oxygens (including phenoxy) is 2. The summed E-state index contributed by atoms with van der Waals surface area (Å²) in [4.78, 5) is 14.7. The Morgan fingerprint density at radius 3 is 2.64 bits per heavy atom. The summed E-state index contributed by atoms with van der Waals surface area (Å²) in [7, 11) is 0. The number of aromatic nitrogens is 1. The smallest absolute Gasteiger partial charge is 0.341 e. The van der Waals surface area contributed by atoms with Crippen LogP contribution >= 0.6 is 11.3 Å². The van der Waals surface area contributed by atoms with Gasteiger partial charge in [-0.3, -0.25) is 0 Å². The molecule has 0 aliphatic carbocycles. The van der Waals surface area contributed by atoms with Crippen LogP contribution in [0.25, 0.3) is 10.2 Å². The molecule has 22 heavy (non-hydrogen) atoms. The van der Waals surface area contributed by atoms with Gasteiger partial charge in [-0.05, 0) is 42.5 Å². The van der Waals surface area contributed by atoms with Gasteiger partial charge in [0.25, 0.3) is 5.19 Å². The van der Waals surface area contributed by atoms with E-state index in [-0.39, 0.29) is 5.82 Å². The molecule has 0 bridgehead atoms. The number of carboxylic acids is 1. The number of halogens is 1. The van der Waals surface area contributed by atoms with Gasteiger partial charge in [0.1, 0.15) is 17.3 Å². The molecule has 0 aliphatic heterocycles. The summed E-state index contributed by atoms with van der Waals surface area (Å²) >= 11 is 1.24. The predicted octanol–water partition coefficient (Wildman–Crippen LogP) is 3.69. The molecule has 0 atom stereocenters. The lowest BCUT2D eigenvalue weighted by atomic mass is 10.3. The fourth-order valence-electron chi connectivity index (χ4n) is 1.77. The Morgan fingerprint density at radius 2 is 1.91 bits per heavy atom. The molecule has 0 radical (unpaired) electrons. The number of thiazole rings is 1. The predicted molar refractivity (Wildman–Crippen MR) is 79.2 cm³/mol. The van der Waals surface area contributed by atoms with Crippen molar-refractivity contribution in [3.05, 3.63) is 48.3 Å².